The van der Waals surface area contributed by atoms with Gasteiger partial charge in [0.1, 0.15) is 28.4 Å². The average molecular weight is 369 g/mol. The Labute approximate surface area is 148 Å². The number of halogens is 2. The summed E-state index contributed by atoms with van der Waals surface area (Å²) in [7, 11) is -1.49. The molecule has 0 saturated carbocycles. The van der Waals surface area contributed by atoms with Crippen LogP contribution in [-0.4, -0.2) is 20.2 Å². The van der Waals surface area contributed by atoms with Crippen molar-refractivity contribution in [3.8, 4) is 5.75 Å². The van der Waals surface area contributed by atoms with Crippen molar-refractivity contribution in [2.45, 2.75) is 32.1 Å². The first-order valence-corrected chi connectivity index (χ1v) is 8.74. The number of hydrogen-bond acceptors (Lipinski definition) is 3. The summed E-state index contributed by atoms with van der Waals surface area (Å²) in [5.74, 6) is -0.549. The van der Waals surface area contributed by atoms with E-state index < -0.39 is 21.7 Å². The summed E-state index contributed by atoms with van der Waals surface area (Å²) in [4.78, 5) is 3.57. The van der Waals surface area contributed by atoms with Crippen molar-refractivity contribution in [2.75, 3.05) is 0 Å². The van der Waals surface area contributed by atoms with Crippen LogP contribution in [0, 0.1) is 5.95 Å². The van der Waals surface area contributed by atoms with E-state index in [2.05, 4.69) is 9.38 Å². The number of pyridine rings is 1. The van der Waals surface area contributed by atoms with E-state index in [9.17, 15) is 8.60 Å². The third kappa shape index (κ3) is 4.85. The van der Waals surface area contributed by atoms with Gasteiger partial charge in [-0.05, 0) is 26.3 Å². The minimum Gasteiger partial charge on any atom is -0.487 e. The van der Waals surface area contributed by atoms with Gasteiger partial charge in [0.2, 0.25) is 5.95 Å². The Bertz CT molecular complexity index is 761. The lowest BCUT2D eigenvalue weighted by molar-refractivity contribution is 0.303. The standard InChI is InChI=1S/C17H18ClFN2O2S/c1-17(2,3)24(22)21-9-13-14(10-20-16(19)15(13)18)23-11-12-7-5-4-6-8-12/h4-10H,11H2,1-3H3/b21-9+/t24-/m0/s1. The second-order valence-electron chi connectivity index (χ2n) is 6.01. The summed E-state index contributed by atoms with van der Waals surface area (Å²) >= 11 is 5.97. The van der Waals surface area contributed by atoms with E-state index in [1.807, 2.05) is 30.3 Å². The zero-order valence-electron chi connectivity index (χ0n) is 13.6. The molecule has 1 aromatic heterocycles. The number of hydrogen-bond donors (Lipinski definition) is 0. The fourth-order valence-electron chi connectivity index (χ4n) is 1.69. The monoisotopic (exact) mass is 368 g/mol. The molecule has 4 nitrogen and oxygen atoms in total. The van der Waals surface area contributed by atoms with E-state index in [4.69, 9.17) is 16.3 Å². The van der Waals surface area contributed by atoms with E-state index in [0.717, 1.165) is 5.56 Å². The van der Waals surface area contributed by atoms with Gasteiger partial charge in [0.15, 0.2) is 0 Å². The number of nitrogens with zero attached hydrogens (tertiary/aromatic N) is 2. The molecular formula is C17H18ClFN2O2S. The Hall–Kier alpha value is -1.79. The maximum absolute atomic E-state index is 13.6. The van der Waals surface area contributed by atoms with Crippen molar-refractivity contribution in [1.82, 2.24) is 4.98 Å². The summed E-state index contributed by atoms with van der Waals surface area (Å²) in [6.07, 6.45) is 2.51. The minimum absolute atomic E-state index is 0.213. The Morgan fingerprint density at radius 3 is 2.62 bits per heavy atom. The van der Waals surface area contributed by atoms with E-state index in [0.29, 0.717) is 0 Å². The summed E-state index contributed by atoms with van der Waals surface area (Å²) in [6.45, 7) is 5.65. The van der Waals surface area contributed by atoms with Crippen LogP contribution in [0.15, 0.2) is 40.9 Å². The van der Waals surface area contributed by atoms with Crippen LogP contribution in [0.2, 0.25) is 5.02 Å². The van der Waals surface area contributed by atoms with Crippen molar-refractivity contribution in [3.63, 3.8) is 0 Å². The average Bonchev–Trinajstić information content (AvgIpc) is 2.54. The second kappa shape index (κ2) is 7.85. The molecule has 0 bridgehead atoms. The molecule has 0 saturated heterocycles. The molecule has 1 atom stereocenters. The van der Waals surface area contributed by atoms with Crippen LogP contribution in [-0.2, 0) is 17.6 Å². The van der Waals surface area contributed by atoms with Gasteiger partial charge in [-0.1, -0.05) is 41.9 Å². The topological polar surface area (TPSA) is 51.5 Å². The molecule has 0 aliphatic rings. The van der Waals surface area contributed by atoms with Crippen molar-refractivity contribution in [1.29, 1.82) is 0 Å². The number of ether oxygens (including phenoxy) is 1. The highest BCUT2D eigenvalue weighted by Gasteiger charge is 2.19. The molecule has 128 valence electrons. The number of rotatable bonds is 5. The molecule has 2 rings (SSSR count). The highest BCUT2D eigenvalue weighted by atomic mass is 35.5. The van der Waals surface area contributed by atoms with Gasteiger partial charge < -0.3 is 4.74 Å². The maximum atomic E-state index is 13.6. The van der Waals surface area contributed by atoms with Gasteiger partial charge in [0.05, 0.1) is 22.7 Å². The van der Waals surface area contributed by atoms with Crippen molar-refractivity contribution in [2.24, 2.45) is 4.40 Å². The molecule has 24 heavy (non-hydrogen) atoms. The van der Waals surface area contributed by atoms with Crippen molar-refractivity contribution >= 4 is 28.8 Å². The molecule has 7 heteroatoms. The smallest absolute Gasteiger partial charge is 0.232 e. The number of aromatic nitrogens is 1. The van der Waals surface area contributed by atoms with E-state index >= 15 is 0 Å². The van der Waals surface area contributed by atoms with Gasteiger partial charge in [-0.2, -0.15) is 8.79 Å². The predicted octanol–water partition coefficient (Wildman–Crippen LogP) is 4.33. The number of benzene rings is 1. The molecular weight excluding hydrogens is 351 g/mol. The summed E-state index contributed by atoms with van der Waals surface area (Å²) in [5.41, 5.74) is 1.16. The Morgan fingerprint density at radius 1 is 1.33 bits per heavy atom. The van der Waals surface area contributed by atoms with Crippen LogP contribution >= 0.6 is 11.6 Å². The zero-order valence-corrected chi connectivity index (χ0v) is 15.2. The Balaban J connectivity index is 2.27. The van der Waals surface area contributed by atoms with Gasteiger partial charge in [-0.3, -0.25) is 0 Å². The van der Waals surface area contributed by atoms with E-state index in [1.165, 1.54) is 12.4 Å². The fourth-order valence-corrected chi connectivity index (χ4v) is 2.40. The van der Waals surface area contributed by atoms with Crippen LogP contribution in [0.5, 0.6) is 5.75 Å². The van der Waals surface area contributed by atoms with Gasteiger partial charge in [-0.25, -0.2) is 9.19 Å². The first kappa shape index (κ1) is 18.5. The first-order valence-electron chi connectivity index (χ1n) is 7.26. The van der Waals surface area contributed by atoms with Crippen LogP contribution in [0.3, 0.4) is 0 Å². The van der Waals surface area contributed by atoms with Crippen LogP contribution in [0.1, 0.15) is 31.9 Å². The normalized spacial score (nSPS) is 13.2. The molecule has 1 aromatic carbocycles. The molecule has 0 unspecified atom stereocenters. The molecule has 0 N–H and O–H groups in total. The molecule has 0 amide bonds. The first-order chi connectivity index (χ1) is 11.3. The molecule has 0 spiro atoms. The quantitative estimate of drug-likeness (QED) is 0.583. The molecule has 0 radical (unpaired) electrons. The highest BCUT2D eigenvalue weighted by molar-refractivity contribution is 7.85. The lowest BCUT2D eigenvalue weighted by Crippen LogP contribution is -2.19. The summed E-state index contributed by atoms with van der Waals surface area (Å²) < 4.78 is 34.8. The third-order valence-corrected chi connectivity index (χ3v) is 4.72. The van der Waals surface area contributed by atoms with Crippen LogP contribution < -0.4 is 4.74 Å². The SMILES string of the molecule is CC(C)(C)[S@](=O)/N=C/c1c(OCc2ccccc2)cnc(F)c1Cl. The molecule has 2 aromatic rings. The van der Waals surface area contributed by atoms with Gasteiger partial charge >= 0.3 is 0 Å². The zero-order chi connectivity index (χ0) is 17.7. The van der Waals surface area contributed by atoms with Crippen molar-refractivity contribution in [3.05, 3.63) is 58.6 Å². The van der Waals surface area contributed by atoms with Gasteiger partial charge in [-0.15, -0.1) is 0 Å². The van der Waals surface area contributed by atoms with Crippen LogP contribution in [0.25, 0.3) is 0 Å². The Kier molecular flexibility index (Phi) is 6.07. The van der Waals surface area contributed by atoms with E-state index in [1.54, 1.807) is 20.8 Å². The van der Waals surface area contributed by atoms with Crippen LogP contribution in [0.4, 0.5) is 4.39 Å². The van der Waals surface area contributed by atoms with E-state index in [-0.39, 0.29) is 22.9 Å². The van der Waals surface area contributed by atoms with Crippen molar-refractivity contribution < 1.29 is 13.3 Å². The molecule has 1 heterocycles. The lowest BCUT2D eigenvalue weighted by Gasteiger charge is -2.14. The van der Waals surface area contributed by atoms with Gasteiger partial charge in [0.25, 0.3) is 0 Å². The summed E-state index contributed by atoms with van der Waals surface area (Å²) in [5, 5.41) is -0.213. The second-order valence-corrected chi connectivity index (χ2v) is 8.32. The third-order valence-electron chi connectivity index (χ3n) is 3.02. The minimum atomic E-state index is -1.49. The largest absolute Gasteiger partial charge is 0.487 e. The molecule has 0 aliphatic heterocycles. The molecule has 0 fully saturated rings. The molecule has 0 aliphatic carbocycles. The maximum Gasteiger partial charge on any atom is 0.232 e. The van der Waals surface area contributed by atoms with Gasteiger partial charge in [0, 0.05) is 0 Å². The lowest BCUT2D eigenvalue weighted by atomic mass is 10.2. The Morgan fingerprint density at radius 2 is 2.00 bits per heavy atom. The fraction of sp³-hybridized carbons (Fsp3) is 0.294. The highest BCUT2D eigenvalue weighted by Crippen LogP contribution is 2.27. The summed E-state index contributed by atoms with van der Waals surface area (Å²) in [6, 6.07) is 9.49. The predicted molar refractivity (Wildman–Crippen MR) is 95.5 cm³/mol.